The lowest BCUT2D eigenvalue weighted by Crippen LogP contribution is -2.29. The molecule has 0 radical (unpaired) electrons. The molecule has 2 aromatic rings. The van der Waals surface area contributed by atoms with E-state index in [1.807, 2.05) is 19.2 Å². The van der Waals surface area contributed by atoms with Crippen molar-refractivity contribution < 1.29 is 4.79 Å². The van der Waals surface area contributed by atoms with E-state index in [1.54, 1.807) is 6.20 Å². The molecular weight excluding hydrogens is 262 g/mol. The summed E-state index contributed by atoms with van der Waals surface area (Å²) in [5.74, 6) is -0.268. The molecule has 2 aromatic heterocycles. The number of aryl methyl sites for hydroxylation is 1. The van der Waals surface area contributed by atoms with Gasteiger partial charge in [-0.3, -0.25) is 9.89 Å². The van der Waals surface area contributed by atoms with Crippen LogP contribution in [0.1, 0.15) is 47.5 Å². The summed E-state index contributed by atoms with van der Waals surface area (Å²) < 4.78 is 0. The van der Waals surface area contributed by atoms with Crippen LogP contribution in [0.2, 0.25) is 0 Å². The maximum atomic E-state index is 12.2. The van der Waals surface area contributed by atoms with Crippen molar-refractivity contribution in [2.45, 2.75) is 32.7 Å². The van der Waals surface area contributed by atoms with Crippen molar-refractivity contribution in [1.29, 1.82) is 0 Å². The molecule has 0 aliphatic heterocycles. The molecule has 2 heterocycles. The van der Waals surface area contributed by atoms with Crippen molar-refractivity contribution in [3.63, 3.8) is 0 Å². The first-order valence-corrected chi connectivity index (χ1v) is 7.08. The number of carbonyl (C=O) groups excluding carboxylic acids is 1. The number of nitrogens with one attached hydrogen (secondary N) is 2. The Balaban J connectivity index is 2.13. The third-order valence-corrected chi connectivity index (χ3v) is 3.80. The average molecular weight is 279 g/mol. The van der Waals surface area contributed by atoms with Gasteiger partial charge in [-0.05, 0) is 12.8 Å². The summed E-state index contributed by atoms with van der Waals surface area (Å²) >= 11 is 1.52. The number of rotatable bonds is 5. The normalized spacial score (nSPS) is 12.3. The van der Waals surface area contributed by atoms with E-state index < -0.39 is 0 Å². The van der Waals surface area contributed by atoms with Gasteiger partial charge in [0.2, 0.25) is 0 Å². The summed E-state index contributed by atoms with van der Waals surface area (Å²) in [6.07, 6.45) is 3.22. The van der Waals surface area contributed by atoms with Crippen molar-refractivity contribution in [3.8, 4) is 0 Å². The molecule has 19 heavy (non-hydrogen) atoms. The predicted molar refractivity (Wildman–Crippen MR) is 75.0 cm³/mol. The van der Waals surface area contributed by atoms with Gasteiger partial charge in [-0.15, -0.1) is 11.3 Å². The monoisotopic (exact) mass is 279 g/mol. The van der Waals surface area contributed by atoms with Crippen LogP contribution in [0.5, 0.6) is 0 Å². The zero-order valence-electron chi connectivity index (χ0n) is 10.9. The molecule has 4 N–H and O–H groups in total. The highest BCUT2D eigenvalue weighted by Gasteiger charge is 2.21. The number of H-pyrrole nitrogens is 1. The minimum Gasteiger partial charge on any atom is -0.395 e. The number of anilines is 1. The molecule has 0 aliphatic carbocycles. The summed E-state index contributed by atoms with van der Waals surface area (Å²) in [6, 6.07) is -0.103. The first-order valence-electron chi connectivity index (χ1n) is 6.20. The average Bonchev–Trinajstić information content (AvgIpc) is 3.04. The molecule has 0 spiro atoms. The molecule has 1 amide bonds. The van der Waals surface area contributed by atoms with Crippen LogP contribution in [0.4, 0.5) is 5.69 Å². The van der Waals surface area contributed by atoms with E-state index >= 15 is 0 Å². The Kier molecular flexibility index (Phi) is 4.16. The second kappa shape index (κ2) is 5.83. The molecule has 6 nitrogen and oxygen atoms in total. The molecule has 0 saturated carbocycles. The molecule has 0 fully saturated rings. The van der Waals surface area contributed by atoms with Crippen molar-refractivity contribution in [2.75, 3.05) is 5.73 Å². The summed E-state index contributed by atoms with van der Waals surface area (Å²) in [5, 5.41) is 12.4. The molecule has 2 rings (SSSR count). The molecule has 7 heteroatoms. The number of nitrogens with zero attached hydrogens (tertiary/aromatic N) is 2. The summed E-state index contributed by atoms with van der Waals surface area (Å²) in [5.41, 5.74) is 7.35. The van der Waals surface area contributed by atoms with Crippen LogP contribution >= 0.6 is 11.3 Å². The van der Waals surface area contributed by atoms with Gasteiger partial charge in [-0.2, -0.15) is 5.10 Å². The number of carbonyl (C=O) groups is 1. The number of aromatic nitrogens is 3. The number of thiazole rings is 1. The van der Waals surface area contributed by atoms with E-state index in [0.717, 1.165) is 23.5 Å². The molecule has 0 bridgehead atoms. The van der Waals surface area contributed by atoms with Crippen LogP contribution in [0.15, 0.2) is 11.6 Å². The van der Waals surface area contributed by atoms with Gasteiger partial charge < -0.3 is 11.1 Å². The van der Waals surface area contributed by atoms with Crippen molar-refractivity contribution in [1.82, 2.24) is 20.5 Å². The largest absolute Gasteiger partial charge is 0.395 e. The van der Waals surface area contributed by atoms with Gasteiger partial charge in [-0.25, -0.2) is 4.98 Å². The van der Waals surface area contributed by atoms with Crippen LogP contribution in [-0.2, 0) is 6.42 Å². The zero-order chi connectivity index (χ0) is 13.8. The fourth-order valence-corrected chi connectivity index (χ4v) is 2.57. The third-order valence-electron chi connectivity index (χ3n) is 2.91. The van der Waals surface area contributed by atoms with E-state index in [9.17, 15) is 4.79 Å². The van der Waals surface area contributed by atoms with Crippen LogP contribution in [-0.4, -0.2) is 21.1 Å². The Morgan fingerprint density at radius 1 is 1.58 bits per heavy atom. The quantitative estimate of drug-likeness (QED) is 0.778. The lowest BCUT2D eigenvalue weighted by atomic mass is 10.2. The van der Waals surface area contributed by atoms with E-state index in [2.05, 4.69) is 20.5 Å². The zero-order valence-corrected chi connectivity index (χ0v) is 11.8. The molecule has 1 unspecified atom stereocenters. The Bertz CT molecular complexity index is 548. The predicted octanol–water partition coefficient (Wildman–Crippen LogP) is 1.89. The van der Waals surface area contributed by atoms with Crippen LogP contribution < -0.4 is 11.1 Å². The Hall–Kier alpha value is -1.89. The fourth-order valence-electron chi connectivity index (χ4n) is 1.80. The fraction of sp³-hybridized carbons (Fsp3) is 0.417. The van der Waals surface area contributed by atoms with E-state index in [4.69, 9.17) is 5.73 Å². The Morgan fingerprint density at radius 3 is 2.89 bits per heavy atom. The summed E-state index contributed by atoms with van der Waals surface area (Å²) in [7, 11) is 0. The van der Waals surface area contributed by atoms with Crippen LogP contribution in [0, 0.1) is 0 Å². The van der Waals surface area contributed by atoms with E-state index in [0.29, 0.717) is 5.69 Å². The minimum atomic E-state index is -0.268. The highest BCUT2D eigenvalue weighted by Crippen LogP contribution is 2.20. The summed E-state index contributed by atoms with van der Waals surface area (Å²) in [6.45, 7) is 3.95. The van der Waals surface area contributed by atoms with Gasteiger partial charge in [0.15, 0.2) is 5.69 Å². The maximum Gasteiger partial charge on any atom is 0.274 e. The van der Waals surface area contributed by atoms with Crippen LogP contribution in [0.3, 0.4) is 0 Å². The molecular formula is C12H17N5OS. The topological polar surface area (TPSA) is 96.7 Å². The van der Waals surface area contributed by atoms with Gasteiger partial charge in [0.05, 0.1) is 17.4 Å². The first kappa shape index (κ1) is 13.5. The number of hydrogen-bond acceptors (Lipinski definition) is 5. The maximum absolute atomic E-state index is 12.2. The highest BCUT2D eigenvalue weighted by atomic mass is 32.1. The van der Waals surface area contributed by atoms with Gasteiger partial charge >= 0.3 is 0 Å². The summed E-state index contributed by atoms with van der Waals surface area (Å²) in [4.78, 5) is 16.4. The smallest absolute Gasteiger partial charge is 0.274 e. The number of hydrogen-bond donors (Lipinski definition) is 3. The number of nitrogen functional groups attached to an aromatic ring is 1. The number of nitrogens with two attached hydrogens (primary N) is 1. The van der Waals surface area contributed by atoms with Crippen molar-refractivity contribution in [3.05, 3.63) is 28.0 Å². The Labute approximate surface area is 115 Å². The molecule has 0 aliphatic rings. The standard InChI is InChI=1S/C12H17N5OS/c1-3-7-9(13)10(17-16-7)11(18)15-8(4-2)12-14-5-6-19-12/h5-6,8H,3-4,13H2,1-2H3,(H,15,18)(H,16,17). The minimum absolute atomic E-state index is 0.103. The van der Waals surface area contributed by atoms with E-state index in [-0.39, 0.29) is 17.6 Å². The number of amides is 1. The molecule has 0 aromatic carbocycles. The van der Waals surface area contributed by atoms with Crippen molar-refractivity contribution >= 4 is 22.9 Å². The first-order chi connectivity index (χ1) is 9.17. The number of aromatic amines is 1. The lowest BCUT2D eigenvalue weighted by Gasteiger charge is -2.13. The van der Waals surface area contributed by atoms with Gasteiger partial charge in [0.25, 0.3) is 5.91 Å². The Morgan fingerprint density at radius 2 is 2.37 bits per heavy atom. The van der Waals surface area contributed by atoms with E-state index in [1.165, 1.54) is 11.3 Å². The van der Waals surface area contributed by atoms with Gasteiger partial charge in [-0.1, -0.05) is 13.8 Å². The molecule has 1 atom stereocenters. The van der Waals surface area contributed by atoms with Crippen molar-refractivity contribution in [2.24, 2.45) is 0 Å². The third kappa shape index (κ3) is 2.76. The molecule has 0 saturated heterocycles. The van der Waals surface area contributed by atoms with Gasteiger partial charge in [0, 0.05) is 11.6 Å². The molecule has 102 valence electrons. The lowest BCUT2D eigenvalue weighted by molar-refractivity contribution is 0.0931. The SMILES string of the molecule is CCc1[nH]nc(C(=O)NC(CC)c2nccs2)c1N. The van der Waals surface area contributed by atoms with Gasteiger partial charge in [0.1, 0.15) is 5.01 Å². The highest BCUT2D eigenvalue weighted by molar-refractivity contribution is 7.09. The second-order valence-electron chi connectivity index (χ2n) is 4.12. The second-order valence-corrected chi connectivity index (χ2v) is 5.05. The van der Waals surface area contributed by atoms with Crippen LogP contribution in [0.25, 0.3) is 0 Å².